The summed E-state index contributed by atoms with van der Waals surface area (Å²) in [5.74, 6) is -0.0902. The standard InChI is InChI=1S/C26H27FN4O5/c1-33-23-17(27)3-2-4-18(23)30-22-20-24(26(6-7-26)14-29-25(20)32)31-21(22)16-5-8-28-11-19(16)36-13-15-12-34-9-10-35-15/h2-5,8,11,15,30-31H,6-7,9-10,12-14H2,1H3,(H,29,32)/t15-/m0/s1. The number of hydrogen-bond donors (Lipinski definition) is 3. The number of methoxy groups -OCH3 is 1. The molecule has 3 aliphatic rings. The predicted octanol–water partition coefficient (Wildman–Crippen LogP) is 3.54. The van der Waals surface area contributed by atoms with Gasteiger partial charge >= 0.3 is 0 Å². The van der Waals surface area contributed by atoms with Crippen LogP contribution in [0.4, 0.5) is 15.8 Å². The number of nitrogens with zero attached hydrogens (tertiary/aromatic N) is 1. The zero-order valence-corrected chi connectivity index (χ0v) is 19.9. The first-order valence-corrected chi connectivity index (χ1v) is 12.0. The molecular weight excluding hydrogens is 467 g/mol. The van der Waals surface area contributed by atoms with Crippen LogP contribution in [0.25, 0.3) is 11.3 Å². The van der Waals surface area contributed by atoms with Gasteiger partial charge in [0.25, 0.3) is 5.91 Å². The van der Waals surface area contributed by atoms with E-state index in [9.17, 15) is 9.18 Å². The van der Waals surface area contributed by atoms with Crippen LogP contribution in [0, 0.1) is 5.82 Å². The molecule has 2 aromatic heterocycles. The largest absolute Gasteiger partial charge is 0.492 e. The van der Waals surface area contributed by atoms with E-state index in [1.807, 2.05) is 6.07 Å². The molecule has 2 fully saturated rings. The van der Waals surface area contributed by atoms with Crippen LogP contribution in [0.15, 0.2) is 36.7 Å². The zero-order valence-electron chi connectivity index (χ0n) is 19.9. The molecule has 1 aromatic carbocycles. The van der Waals surface area contributed by atoms with E-state index in [1.54, 1.807) is 24.5 Å². The van der Waals surface area contributed by atoms with Crippen molar-refractivity contribution in [2.45, 2.75) is 24.4 Å². The molecule has 36 heavy (non-hydrogen) atoms. The van der Waals surface area contributed by atoms with Crippen LogP contribution in [-0.4, -0.2) is 62.1 Å². The first-order chi connectivity index (χ1) is 17.6. The van der Waals surface area contributed by atoms with E-state index in [1.165, 1.54) is 13.2 Å². The minimum absolute atomic E-state index is 0.0661. The molecular formula is C26H27FN4O5. The van der Waals surface area contributed by atoms with Gasteiger partial charge in [-0.2, -0.15) is 0 Å². The topological polar surface area (TPSA) is 107 Å². The number of ether oxygens (including phenoxy) is 4. The maximum atomic E-state index is 14.5. The second kappa shape index (κ2) is 9.11. The van der Waals surface area contributed by atoms with E-state index in [0.717, 1.165) is 24.1 Å². The Kier molecular flexibility index (Phi) is 5.77. The molecule has 0 unspecified atom stereocenters. The van der Waals surface area contributed by atoms with Crippen LogP contribution in [0.1, 0.15) is 28.9 Å². The first kappa shape index (κ1) is 22.8. The lowest BCUT2D eigenvalue weighted by Gasteiger charge is -2.23. The van der Waals surface area contributed by atoms with Crippen LogP contribution < -0.4 is 20.1 Å². The molecule has 188 valence electrons. The molecule has 1 saturated heterocycles. The molecule has 1 saturated carbocycles. The molecule has 6 rings (SSSR count). The van der Waals surface area contributed by atoms with Gasteiger partial charge in [0.1, 0.15) is 18.5 Å². The van der Waals surface area contributed by atoms with Crippen molar-refractivity contribution < 1.29 is 28.1 Å². The van der Waals surface area contributed by atoms with Crippen LogP contribution >= 0.6 is 0 Å². The van der Waals surface area contributed by atoms with Crippen molar-refractivity contribution in [2.75, 3.05) is 45.4 Å². The maximum Gasteiger partial charge on any atom is 0.255 e. The SMILES string of the molecule is COc1c(F)cccc1Nc1c(-c2ccncc2OC[C@@H]2COCCO2)[nH]c2c1C(=O)NCC21CC1. The number of anilines is 2. The van der Waals surface area contributed by atoms with Gasteiger partial charge in [-0.1, -0.05) is 6.07 Å². The van der Waals surface area contributed by atoms with Crippen molar-refractivity contribution in [3.05, 3.63) is 53.7 Å². The summed E-state index contributed by atoms with van der Waals surface area (Å²) >= 11 is 0. The molecule has 9 nitrogen and oxygen atoms in total. The minimum Gasteiger partial charge on any atom is -0.492 e. The molecule has 10 heteroatoms. The molecule has 0 bridgehead atoms. The van der Waals surface area contributed by atoms with Crippen molar-refractivity contribution in [3.63, 3.8) is 0 Å². The highest BCUT2D eigenvalue weighted by Crippen LogP contribution is 2.54. The highest BCUT2D eigenvalue weighted by atomic mass is 19.1. The number of para-hydroxylation sites is 1. The third-order valence-corrected chi connectivity index (χ3v) is 6.99. The van der Waals surface area contributed by atoms with Crippen molar-refractivity contribution in [3.8, 4) is 22.8 Å². The number of halogens is 1. The van der Waals surface area contributed by atoms with E-state index in [0.29, 0.717) is 61.4 Å². The van der Waals surface area contributed by atoms with Gasteiger partial charge in [0.05, 0.1) is 55.8 Å². The number of amides is 1. The van der Waals surface area contributed by atoms with Crippen LogP contribution in [0.5, 0.6) is 11.5 Å². The summed E-state index contributed by atoms with van der Waals surface area (Å²) in [6.45, 7) is 2.44. The van der Waals surface area contributed by atoms with Gasteiger partial charge in [-0.25, -0.2) is 4.39 Å². The molecule has 3 N–H and O–H groups in total. The third kappa shape index (κ3) is 3.96. The lowest BCUT2D eigenvalue weighted by Crippen LogP contribution is -2.39. The number of H-pyrrole nitrogens is 1. The maximum absolute atomic E-state index is 14.5. The number of hydrogen-bond acceptors (Lipinski definition) is 7. The van der Waals surface area contributed by atoms with Crippen molar-refractivity contribution in [1.82, 2.24) is 15.3 Å². The summed E-state index contributed by atoms with van der Waals surface area (Å²) in [7, 11) is 1.41. The third-order valence-electron chi connectivity index (χ3n) is 6.99. The average Bonchev–Trinajstić information content (AvgIpc) is 3.58. The van der Waals surface area contributed by atoms with Gasteiger partial charge < -0.3 is 34.6 Å². The van der Waals surface area contributed by atoms with Crippen LogP contribution in [0.3, 0.4) is 0 Å². The monoisotopic (exact) mass is 494 g/mol. The minimum atomic E-state index is -0.501. The summed E-state index contributed by atoms with van der Waals surface area (Å²) in [6.07, 6.45) is 5.07. The summed E-state index contributed by atoms with van der Waals surface area (Å²) in [5, 5.41) is 6.32. The van der Waals surface area contributed by atoms with Gasteiger partial charge in [-0.15, -0.1) is 0 Å². The summed E-state index contributed by atoms with van der Waals surface area (Å²) in [6, 6.07) is 6.46. The van der Waals surface area contributed by atoms with Gasteiger partial charge in [-0.05, 0) is 31.0 Å². The molecule has 1 aliphatic carbocycles. The first-order valence-electron chi connectivity index (χ1n) is 12.0. The number of carbonyl (C=O) groups excluding carboxylic acids is 1. The Bertz CT molecular complexity index is 1300. The van der Waals surface area contributed by atoms with Gasteiger partial charge in [-0.3, -0.25) is 9.78 Å². The number of carbonyl (C=O) groups is 1. The number of nitrogens with one attached hydrogen (secondary N) is 3. The molecule has 1 atom stereocenters. The van der Waals surface area contributed by atoms with E-state index in [4.69, 9.17) is 18.9 Å². The summed E-state index contributed by atoms with van der Waals surface area (Å²) in [5.41, 5.74) is 3.60. The Morgan fingerprint density at radius 3 is 2.94 bits per heavy atom. The smallest absolute Gasteiger partial charge is 0.255 e. The molecule has 2 aliphatic heterocycles. The quantitative estimate of drug-likeness (QED) is 0.461. The Balaban J connectivity index is 1.44. The Morgan fingerprint density at radius 2 is 2.17 bits per heavy atom. The van der Waals surface area contributed by atoms with Crippen molar-refractivity contribution in [1.29, 1.82) is 0 Å². The lowest BCUT2D eigenvalue weighted by atomic mass is 9.93. The number of fused-ring (bicyclic) bond motifs is 2. The lowest BCUT2D eigenvalue weighted by molar-refractivity contribution is -0.101. The summed E-state index contributed by atoms with van der Waals surface area (Å²) < 4.78 is 37.1. The van der Waals surface area contributed by atoms with Crippen molar-refractivity contribution >= 4 is 17.3 Å². The predicted molar refractivity (Wildman–Crippen MR) is 130 cm³/mol. The van der Waals surface area contributed by atoms with E-state index >= 15 is 0 Å². The second-order valence-electron chi connectivity index (χ2n) is 9.28. The fourth-order valence-electron chi connectivity index (χ4n) is 4.92. The van der Waals surface area contributed by atoms with E-state index in [2.05, 4.69) is 20.6 Å². The summed E-state index contributed by atoms with van der Waals surface area (Å²) in [4.78, 5) is 20.9. The van der Waals surface area contributed by atoms with Gasteiger partial charge in [0, 0.05) is 29.4 Å². The van der Waals surface area contributed by atoms with Crippen molar-refractivity contribution in [2.24, 2.45) is 0 Å². The number of aromatic amines is 1. The highest BCUT2D eigenvalue weighted by Gasteiger charge is 2.51. The Labute approximate surface area is 207 Å². The molecule has 4 heterocycles. The van der Waals surface area contributed by atoms with Gasteiger partial charge in [0.2, 0.25) is 0 Å². The number of pyridine rings is 1. The fraction of sp³-hybridized carbons (Fsp3) is 0.385. The van der Waals surface area contributed by atoms with Gasteiger partial charge in [0.15, 0.2) is 11.6 Å². The Hall–Kier alpha value is -3.63. The van der Waals surface area contributed by atoms with Crippen LogP contribution in [0.2, 0.25) is 0 Å². The van der Waals surface area contributed by atoms with E-state index < -0.39 is 5.82 Å². The number of aromatic nitrogens is 2. The fourth-order valence-corrected chi connectivity index (χ4v) is 4.92. The zero-order chi connectivity index (χ0) is 24.7. The Morgan fingerprint density at radius 1 is 1.28 bits per heavy atom. The molecule has 3 aromatic rings. The number of benzene rings is 1. The molecule has 1 amide bonds. The van der Waals surface area contributed by atoms with E-state index in [-0.39, 0.29) is 23.2 Å². The van der Waals surface area contributed by atoms with Crippen LogP contribution in [-0.2, 0) is 14.9 Å². The molecule has 1 spiro atoms. The normalized spacial score (nSPS) is 19.9. The molecule has 0 radical (unpaired) electrons. The second-order valence-corrected chi connectivity index (χ2v) is 9.28. The average molecular weight is 495 g/mol. The number of rotatable bonds is 7. The highest BCUT2D eigenvalue weighted by molar-refractivity contribution is 6.07.